The van der Waals surface area contributed by atoms with Crippen molar-refractivity contribution in [1.82, 2.24) is 0 Å². The van der Waals surface area contributed by atoms with Crippen LogP contribution in [0, 0.1) is 12.3 Å². The number of allylic oxidation sites excluding steroid dienone is 4. The van der Waals surface area contributed by atoms with E-state index in [1.807, 2.05) is 0 Å². The highest BCUT2D eigenvalue weighted by Gasteiger charge is 2.03. The highest BCUT2D eigenvalue weighted by atomic mass is 14.1. The summed E-state index contributed by atoms with van der Waals surface area (Å²) in [6.45, 7) is 6.65. The monoisotopic (exact) mass is 135 g/mol. The molecule has 1 aliphatic carbocycles. The second-order valence-electron chi connectivity index (χ2n) is 3.39. The predicted octanol–water partition coefficient (Wildman–Crippen LogP) is 3.12. The number of hydrogen-bond donors (Lipinski definition) is 0. The van der Waals surface area contributed by atoms with Crippen molar-refractivity contribution in [3.05, 3.63) is 29.7 Å². The van der Waals surface area contributed by atoms with Gasteiger partial charge in [0.15, 0.2) is 0 Å². The topological polar surface area (TPSA) is 0 Å². The molecule has 1 rings (SSSR count). The SMILES string of the molecule is CC1=CC(CC(C)C)=C[CH]1. The summed E-state index contributed by atoms with van der Waals surface area (Å²) in [5, 5.41) is 0. The lowest BCUT2D eigenvalue weighted by molar-refractivity contribution is 0.650. The van der Waals surface area contributed by atoms with Gasteiger partial charge in [-0.05, 0) is 19.3 Å². The fourth-order valence-electron chi connectivity index (χ4n) is 1.23. The van der Waals surface area contributed by atoms with Gasteiger partial charge in [0, 0.05) is 6.42 Å². The Morgan fingerprint density at radius 1 is 1.40 bits per heavy atom. The lowest BCUT2D eigenvalue weighted by atomic mass is 10.0. The van der Waals surface area contributed by atoms with Crippen molar-refractivity contribution in [2.75, 3.05) is 0 Å². The lowest BCUT2D eigenvalue weighted by Gasteiger charge is -2.01. The molecule has 0 aromatic rings. The van der Waals surface area contributed by atoms with E-state index in [9.17, 15) is 0 Å². The molecule has 1 radical (unpaired) electrons. The molecule has 0 heterocycles. The third-order valence-corrected chi connectivity index (χ3v) is 1.62. The second-order valence-corrected chi connectivity index (χ2v) is 3.39. The minimum atomic E-state index is 0.779. The second kappa shape index (κ2) is 3.05. The standard InChI is InChI=1S/C10H15/c1-8(2)6-10-5-4-9(3)7-10/h4-5,7-8H,6H2,1-3H3. The van der Waals surface area contributed by atoms with Gasteiger partial charge in [-0.15, -0.1) is 0 Å². The Kier molecular flexibility index (Phi) is 2.31. The van der Waals surface area contributed by atoms with Gasteiger partial charge in [-0.3, -0.25) is 0 Å². The van der Waals surface area contributed by atoms with E-state index in [2.05, 4.69) is 39.3 Å². The summed E-state index contributed by atoms with van der Waals surface area (Å²) in [4.78, 5) is 0. The van der Waals surface area contributed by atoms with E-state index in [-0.39, 0.29) is 0 Å². The first kappa shape index (κ1) is 7.59. The molecule has 0 N–H and O–H groups in total. The van der Waals surface area contributed by atoms with Gasteiger partial charge in [0.05, 0.1) is 0 Å². The summed E-state index contributed by atoms with van der Waals surface area (Å²) in [7, 11) is 0. The van der Waals surface area contributed by atoms with Gasteiger partial charge in [-0.1, -0.05) is 37.1 Å². The molecular weight excluding hydrogens is 120 g/mol. The molecule has 0 saturated heterocycles. The maximum absolute atomic E-state index is 2.26. The molecule has 10 heavy (non-hydrogen) atoms. The summed E-state index contributed by atoms with van der Waals surface area (Å²) in [6.07, 6.45) is 7.88. The van der Waals surface area contributed by atoms with Crippen LogP contribution in [0.1, 0.15) is 27.2 Å². The van der Waals surface area contributed by atoms with Crippen LogP contribution >= 0.6 is 0 Å². The van der Waals surface area contributed by atoms with Crippen LogP contribution in [-0.2, 0) is 0 Å². The first-order valence-corrected chi connectivity index (χ1v) is 3.90. The first-order chi connectivity index (χ1) is 4.68. The van der Waals surface area contributed by atoms with Gasteiger partial charge >= 0.3 is 0 Å². The van der Waals surface area contributed by atoms with Crippen LogP contribution < -0.4 is 0 Å². The fourth-order valence-corrected chi connectivity index (χ4v) is 1.23. The summed E-state index contributed by atoms with van der Waals surface area (Å²) in [5.41, 5.74) is 2.86. The van der Waals surface area contributed by atoms with Crippen LogP contribution in [0.5, 0.6) is 0 Å². The zero-order valence-electron chi connectivity index (χ0n) is 7.02. The van der Waals surface area contributed by atoms with Crippen molar-refractivity contribution >= 4 is 0 Å². The molecule has 0 aliphatic heterocycles. The van der Waals surface area contributed by atoms with Crippen molar-refractivity contribution < 1.29 is 0 Å². The average Bonchev–Trinajstić information content (AvgIpc) is 2.13. The van der Waals surface area contributed by atoms with Gasteiger partial charge in [0.25, 0.3) is 0 Å². The first-order valence-electron chi connectivity index (χ1n) is 3.90. The summed E-state index contributed by atoms with van der Waals surface area (Å²) in [6, 6.07) is 0. The summed E-state index contributed by atoms with van der Waals surface area (Å²) in [5.74, 6) is 0.779. The van der Waals surface area contributed by atoms with Crippen molar-refractivity contribution in [1.29, 1.82) is 0 Å². The molecule has 0 nitrogen and oxygen atoms in total. The quantitative estimate of drug-likeness (QED) is 0.545. The number of rotatable bonds is 2. The fraction of sp³-hybridized carbons (Fsp3) is 0.500. The van der Waals surface area contributed by atoms with Crippen molar-refractivity contribution in [2.45, 2.75) is 27.2 Å². The Labute approximate surface area is 63.6 Å². The van der Waals surface area contributed by atoms with Gasteiger partial charge in [0.2, 0.25) is 0 Å². The van der Waals surface area contributed by atoms with E-state index in [1.165, 1.54) is 17.6 Å². The van der Waals surface area contributed by atoms with Gasteiger partial charge in [-0.25, -0.2) is 0 Å². The van der Waals surface area contributed by atoms with Crippen LogP contribution in [0.25, 0.3) is 0 Å². The molecule has 0 aromatic heterocycles. The van der Waals surface area contributed by atoms with Gasteiger partial charge in [0.1, 0.15) is 0 Å². The maximum atomic E-state index is 2.26. The molecule has 0 amide bonds. The van der Waals surface area contributed by atoms with E-state index in [0.717, 1.165) is 5.92 Å². The Morgan fingerprint density at radius 3 is 2.50 bits per heavy atom. The Hall–Kier alpha value is -0.520. The van der Waals surface area contributed by atoms with Crippen LogP contribution in [-0.4, -0.2) is 0 Å². The maximum Gasteiger partial charge on any atom is 0.00835 e. The third kappa shape index (κ3) is 2.02. The van der Waals surface area contributed by atoms with E-state index in [1.54, 1.807) is 0 Å². The van der Waals surface area contributed by atoms with E-state index in [0.29, 0.717) is 0 Å². The molecule has 0 spiro atoms. The van der Waals surface area contributed by atoms with Gasteiger partial charge in [-0.2, -0.15) is 0 Å². The zero-order chi connectivity index (χ0) is 7.56. The van der Waals surface area contributed by atoms with E-state index >= 15 is 0 Å². The highest BCUT2D eigenvalue weighted by molar-refractivity contribution is 5.39. The minimum Gasteiger partial charge on any atom is -0.0732 e. The smallest absolute Gasteiger partial charge is 0.00835 e. The zero-order valence-corrected chi connectivity index (χ0v) is 7.02. The molecule has 1 aliphatic rings. The molecule has 0 fully saturated rings. The third-order valence-electron chi connectivity index (χ3n) is 1.62. The van der Waals surface area contributed by atoms with E-state index in [4.69, 9.17) is 0 Å². The van der Waals surface area contributed by atoms with E-state index < -0.39 is 0 Å². The highest BCUT2D eigenvalue weighted by Crippen LogP contribution is 2.21. The molecular formula is C10H15. The molecule has 0 atom stereocenters. The summed E-state index contributed by atoms with van der Waals surface area (Å²) >= 11 is 0. The minimum absolute atomic E-state index is 0.779. The molecule has 55 valence electrons. The lowest BCUT2D eigenvalue weighted by Crippen LogP contribution is -1.86. The van der Waals surface area contributed by atoms with Crippen LogP contribution in [0.3, 0.4) is 0 Å². The molecule has 0 heteroatoms. The Bertz CT molecular complexity index is 170. The average molecular weight is 135 g/mol. The van der Waals surface area contributed by atoms with Crippen LogP contribution in [0.4, 0.5) is 0 Å². The van der Waals surface area contributed by atoms with Crippen LogP contribution in [0.15, 0.2) is 23.3 Å². The largest absolute Gasteiger partial charge is 0.0732 e. The molecule has 0 saturated carbocycles. The van der Waals surface area contributed by atoms with Crippen molar-refractivity contribution in [3.8, 4) is 0 Å². The van der Waals surface area contributed by atoms with Gasteiger partial charge < -0.3 is 0 Å². The Balaban J connectivity index is 2.44. The molecule has 0 unspecified atom stereocenters. The molecule has 0 bridgehead atoms. The normalized spacial score (nSPS) is 17.6. The van der Waals surface area contributed by atoms with Crippen LogP contribution in [0.2, 0.25) is 0 Å². The van der Waals surface area contributed by atoms with Crippen molar-refractivity contribution in [3.63, 3.8) is 0 Å². The number of hydrogen-bond acceptors (Lipinski definition) is 0. The predicted molar refractivity (Wildman–Crippen MR) is 45.6 cm³/mol. The Morgan fingerprint density at radius 2 is 2.10 bits per heavy atom. The summed E-state index contributed by atoms with van der Waals surface area (Å²) < 4.78 is 0. The molecule has 0 aromatic carbocycles. The van der Waals surface area contributed by atoms with Crippen molar-refractivity contribution in [2.24, 2.45) is 5.92 Å².